The lowest BCUT2D eigenvalue weighted by atomic mass is 9.91. The first-order valence-electron chi connectivity index (χ1n) is 10.1. The summed E-state index contributed by atoms with van der Waals surface area (Å²) >= 11 is 0. The van der Waals surface area contributed by atoms with Gasteiger partial charge in [-0.15, -0.1) is 0 Å². The van der Waals surface area contributed by atoms with E-state index in [4.69, 9.17) is 9.73 Å². The lowest BCUT2D eigenvalue weighted by Gasteiger charge is -2.22. The molecule has 0 aliphatic heterocycles. The minimum Gasteiger partial charge on any atom is -0.464 e. The van der Waals surface area contributed by atoms with Crippen LogP contribution < -0.4 is 0 Å². The fourth-order valence-electron chi connectivity index (χ4n) is 3.43. The first-order chi connectivity index (χ1) is 15.1. The van der Waals surface area contributed by atoms with Crippen LogP contribution in [0.25, 0.3) is 0 Å². The van der Waals surface area contributed by atoms with Gasteiger partial charge < -0.3 is 4.74 Å². The van der Waals surface area contributed by atoms with Gasteiger partial charge in [0.25, 0.3) is 0 Å². The van der Waals surface area contributed by atoms with Crippen molar-refractivity contribution in [1.29, 1.82) is 0 Å². The zero-order valence-corrected chi connectivity index (χ0v) is 17.3. The first-order valence-corrected chi connectivity index (χ1v) is 10.1. The molecule has 6 heteroatoms. The molecule has 0 saturated carbocycles. The van der Waals surface area contributed by atoms with E-state index in [9.17, 15) is 14.9 Å². The van der Waals surface area contributed by atoms with E-state index in [1.165, 1.54) is 0 Å². The molecule has 0 fully saturated rings. The first kappa shape index (κ1) is 21.9. The molecule has 31 heavy (non-hydrogen) atoms. The van der Waals surface area contributed by atoms with Crippen molar-refractivity contribution in [2.24, 2.45) is 4.99 Å². The Labute approximate surface area is 181 Å². The van der Waals surface area contributed by atoms with Crippen molar-refractivity contribution < 1.29 is 14.5 Å². The molecule has 0 heterocycles. The van der Waals surface area contributed by atoms with E-state index in [0.717, 1.165) is 11.1 Å². The number of rotatable bonds is 9. The summed E-state index contributed by atoms with van der Waals surface area (Å²) in [5.74, 6) is -1.35. The molecule has 0 spiro atoms. The number of carbonyl (C=O) groups is 1. The van der Waals surface area contributed by atoms with E-state index in [0.29, 0.717) is 11.3 Å². The molecule has 0 unspecified atom stereocenters. The highest BCUT2D eigenvalue weighted by atomic mass is 16.6. The van der Waals surface area contributed by atoms with E-state index >= 15 is 0 Å². The van der Waals surface area contributed by atoms with Crippen molar-refractivity contribution in [2.75, 3.05) is 13.2 Å². The Kier molecular flexibility index (Phi) is 7.65. The van der Waals surface area contributed by atoms with Gasteiger partial charge in [-0.1, -0.05) is 91.0 Å². The van der Waals surface area contributed by atoms with E-state index in [1.54, 1.807) is 31.2 Å². The largest absolute Gasteiger partial charge is 0.464 e. The number of nitrogens with zero attached hydrogens (tertiary/aromatic N) is 2. The molecule has 0 saturated heterocycles. The second-order valence-corrected chi connectivity index (χ2v) is 6.94. The second-order valence-electron chi connectivity index (χ2n) is 6.94. The summed E-state index contributed by atoms with van der Waals surface area (Å²) in [4.78, 5) is 28.9. The molecule has 3 rings (SSSR count). The molecule has 0 aliphatic rings. The van der Waals surface area contributed by atoms with Crippen LogP contribution >= 0.6 is 0 Å². The molecule has 3 aromatic carbocycles. The molecule has 2 atom stereocenters. The maximum absolute atomic E-state index is 13.0. The van der Waals surface area contributed by atoms with Gasteiger partial charge in [0.1, 0.15) is 0 Å². The third kappa shape index (κ3) is 5.85. The highest BCUT2D eigenvalue weighted by Gasteiger charge is 2.35. The summed E-state index contributed by atoms with van der Waals surface area (Å²) in [5, 5.41) is 11.5. The number of benzene rings is 3. The van der Waals surface area contributed by atoms with E-state index in [2.05, 4.69) is 0 Å². The highest BCUT2D eigenvalue weighted by Crippen LogP contribution is 2.26. The average molecular weight is 416 g/mol. The van der Waals surface area contributed by atoms with Gasteiger partial charge in [0.2, 0.25) is 6.54 Å². The lowest BCUT2D eigenvalue weighted by Crippen LogP contribution is -2.34. The highest BCUT2D eigenvalue weighted by molar-refractivity contribution is 6.13. The zero-order chi connectivity index (χ0) is 22.1. The maximum Gasteiger partial charge on any atom is 0.331 e. The number of hydrogen-bond donors (Lipinski definition) is 0. The smallest absolute Gasteiger partial charge is 0.331 e. The van der Waals surface area contributed by atoms with Crippen LogP contribution in [0.1, 0.15) is 29.5 Å². The van der Waals surface area contributed by atoms with Crippen LogP contribution in [-0.2, 0) is 9.53 Å². The second kappa shape index (κ2) is 10.8. The van der Waals surface area contributed by atoms with Crippen LogP contribution in [0.4, 0.5) is 0 Å². The third-order valence-corrected chi connectivity index (χ3v) is 4.85. The number of carbonyl (C=O) groups excluding carboxylic acids is 1. The fraction of sp³-hybridized carbons (Fsp3) is 0.200. The van der Waals surface area contributed by atoms with Gasteiger partial charge in [-0.25, -0.2) is 4.79 Å². The lowest BCUT2D eigenvalue weighted by molar-refractivity contribution is -0.483. The number of esters is 1. The monoisotopic (exact) mass is 416 g/mol. The van der Waals surface area contributed by atoms with Gasteiger partial charge in [-0.3, -0.25) is 15.1 Å². The Hall–Kier alpha value is -3.80. The Balaban J connectivity index is 2.17. The van der Waals surface area contributed by atoms with Crippen molar-refractivity contribution in [3.63, 3.8) is 0 Å². The average Bonchev–Trinajstić information content (AvgIpc) is 2.80. The van der Waals surface area contributed by atoms with E-state index in [-0.39, 0.29) is 6.61 Å². The predicted octanol–water partition coefficient (Wildman–Crippen LogP) is 4.52. The quantitative estimate of drug-likeness (QED) is 0.222. The zero-order valence-electron chi connectivity index (χ0n) is 17.3. The summed E-state index contributed by atoms with van der Waals surface area (Å²) in [7, 11) is 0. The van der Waals surface area contributed by atoms with Crippen molar-refractivity contribution >= 4 is 11.7 Å². The summed E-state index contributed by atoms with van der Waals surface area (Å²) in [6.45, 7) is 1.43. The van der Waals surface area contributed by atoms with Crippen molar-refractivity contribution in [3.05, 3.63) is 118 Å². The number of nitro groups is 1. The fourth-order valence-corrected chi connectivity index (χ4v) is 3.43. The van der Waals surface area contributed by atoms with Crippen LogP contribution in [0.3, 0.4) is 0 Å². The van der Waals surface area contributed by atoms with E-state index in [1.807, 2.05) is 66.7 Å². The molecular formula is C25H24N2O4. The third-order valence-electron chi connectivity index (χ3n) is 4.85. The van der Waals surface area contributed by atoms with Crippen molar-refractivity contribution in [2.45, 2.75) is 18.9 Å². The van der Waals surface area contributed by atoms with E-state index < -0.39 is 29.4 Å². The minimum atomic E-state index is -1.07. The maximum atomic E-state index is 13.0. The molecule has 158 valence electrons. The van der Waals surface area contributed by atoms with Crippen molar-refractivity contribution in [1.82, 2.24) is 0 Å². The van der Waals surface area contributed by atoms with Gasteiger partial charge in [0, 0.05) is 16.1 Å². The Morgan fingerprint density at radius 3 is 1.84 bits per heavy atom. The predicted molar refractivity (Wildman–Crippen MR) is 120 cm³/mol. The van der Waals surface area contributed by atoms with Gasteiger partial charge in [-0.05, 0) is 12.5 Å². The number of aliphatic imine (C=N–C) groups is 1. The standard InChI is InChI=1S/C25H24N2O4/c1-2-31-25(28)24(22(18-27(29)30)19-12-6-3-7-13-19)26-23(20-14-8-4-9-15-20)21-16-10-5-11-17-21/h3-17,22,24H,2,18H2,1H3/t22-,24+/m1/s1. The molecule has 0 N–H and O–H groups in total. The minimum absolute atomic E-state index is 0.164. The van der Waals surface area contributed by atoms with Crippen LogP contribution in [0.15, 0.2) is 96.0 Å². The number of hydrogen-bond acceptors (Lipinski definition) is 5. The van der Waals surface area contributed by atoms with Crippen LogP contribution in [-0.4, -0.2) is 35.8 Å². The van der Waals surface area contributed by atoms with Crippen LogP contribution in [0, 0.1) is 10.1 Å². The Morgan fingerprint density at radius 2 is 1.39 bits per heavy atom. The van der Waals surface area contributed by atoms with Gasteiger partial charge in [0.15, 0.2) is 6.04 Å². The summed E-state index contributed by atoms with van der Waals surface area (Å²) in [5.41, 5.74) is 2.89. The SMILES string of the molecule is CCOC(=O)[C@@H](N=C(c1ccccc1)c1ccccc1)[C@H](C[N+](=O)[O-])c1ccccc1. The van der Waals surface area contributed by atoms with Crippen LogP contribution in [0.2, 0.25) is 0 Å². The molecule has 6 nitrogen and oxygen atoms in total. The van der Waals surface area contributed by atoms with Crippen LogP contribution in [0.5, 0.6) is 0 Å². The summed E-state index contributed by atoms with van der Waals surface area (Å²) in [6.07, 6.45) is 0. The van der Waals surface area contributed by atoms with Crippen molar-refractivity contribution in [3.8, 4) is 0 Å². The molecule has 3 aromatic rings. The van der Waals surface area contributed by atoms with Gasteiger partial charge in [-0.2, -0.15) is 0 Å². The normalized spacial score (nSPS) is 12.4. The molecule has 0 aliphatic carbocycles. The van der Waals surface area contributed by atoms with Gasteiger partial charge in [0.05, 0.1) is 18.2 Å². The molecule has 0 bridgehead atoms. The summed E-state index contributed by atoms with van der Waals surface area (Å²) in [6, 6.07) is 26.9. The number of ether oxygens (including phenoxy) is 1. The summed E-state index contributed by atoms with van der Waals surface area (Å²) < 4.78 is 5.29. The Bertz CT molecular complexity index is 980. The van der Waals surface area contributed by atoms with Gasteiger partial charge >= 0.3 is 5.97 Å². The molecule has 0 aromatic heterocycles. The molecule has 0 radical (unpaired) electrons. The molecular weight excluding hydrogens is 392 g/mol. The molecule has 0 amide bonds. The topological polar surface area (TPSA) is 81.8 Å². The Morgan fingerprint density at radius 1 is 0.903 bits per heavy atom.